The molecule has 13 nitrogen and oxygen atoms in total. The molecule has 294 valence electrons. The fourth-order valence-corrected chi connectivity index (χ4v) is 9.92. The highest BCUT2D eigenvalue weighted by molar-refractivity contribution is 5.97. The average Bonchev–Trinajstić information content (AvgIpc) is 3.25. The fraction of sp³-hybridized carbons (Fsp3) is 0.795. The second-order valence-electron chi connectivity index (χ2n) is 17.3. The average molecular weight is 737 g/mol. The number of hydrogen-bond acceptors (Lipinski definition) is 13. The van der Waals surface area contributed by atoms with Crippen molar-refractivity contribution in [2.45, 2.75) is 155 Å². The molecule has 0 radical (unpaired) electrons. The van der Waals surface area contributed by atoms with Crippen LogP contribution >= 0.6 is 0 Å². The summed E-state index contributed by atoms with van der Waals surface area (Å²) in [5.74, 6) is -2.91. The van der Waals surface area contributed by atoms with Gasteiger partial charge in [0.15, 0.2) is 17.9 Å². The number of esters is 1. The van der Waals surface area contributed by atoms with Crippen LogP contribution in [-0.2, 0) is 33.4 Å². The molecule has 1 aliphatic heterocycles. The number of aliphatic hydroxyl groups excluding tert-OH is 5. The van der Waals surface area contributed by atoms with Gasteiger partial charge in [-0.05, 0) is 95.1 Å². The number of hydrogen-bond donors (Lipinski definition) is 6. The van der Waals surface area contributed by atoms with Gasteiger partial charge in [-0.25, -0.2) is 0 Å². The van der Waals surface area contributed by atoms with Gasteiger partial charge in [0, 0.05) is 31.1 Å². The first kappa shape index (κ1) is 42.4. The summed E-state index contributed by atoms with van der Waals surface area (Å²) in [6.45, 7) is 14.6. The summed E-state index contributed by atoms with van der Waals surface area (Å²) >= 11 is 0. The van der Waals surface area contributed by atoms with Crippen molar-refractivity contribution in [1.82, 2.24) is 0 Å². The van der Waals surface area contributed by atoms with Gasteiger partial charge in [-0.3, -0.25) is 19.2 Å². The molecular weight excluding hydrogens is 676 g/mol. The molecule has 5 unspecified atom stereocenters. The molecule has 4 aliphatic rings. The van der Waals surface area contributed by atoms with E-state index >= 15 is 0 Å². The highest BCUT2D eigenvalue weighted by atomic mass is 16.7. The van der Waals surface area contributed by atoms with Crippen molar-refractivity contribution in [1.29, 1.82) is 0 Å². The van der Waals surface area contributed by atoms with Gasteiger partial charge in [-0.15, -0.1) is 0 Å². The SMILES string of the molecule is CC[C@@H]1C[C@H](OC2OC(CO)C(O)C(O)C2O)C(=O)C(C)(C)/C1=C/C[C@@H]1CC(=O)C[C@]2(C)[C@@H]([C@@](C)(O)C(=O)/C=C/C(C)(C)OC(C)=O)[C@H](O)C[C@@]12C. The van der Waals surface area contributed by atoms with Crippen molar-refractivity contribution in [2.75, 3.05) is 6.61 Å². The number of ether oxygens (including phenoxy) is 3. The van der Waals surface area contributed by atoms with Crippen LogP contribution in [0.25, 0.3) is 0 Å². The minimum atomic E-state index is -2.05. The molecule has 3 saturated carbocycles. The molecule has 52 heavy (non-hydrogen) atoms. The zero-order valence-corrected chi connectivity index (χ0v) is 32.0. The summed E-state index contributed by atoms with van der Waals surface area (Å²) in [4.78, 5) is 52.5. The molecule has 3 aliphatic carbocycles. The number of rotatable bonds is 11. The molecule has 6 N–H and O–H groups in total. The predicted octanol–water partition coefficient (Wildman–Crippen LogP) is 2.10. The zero-order valence-electron chi connectivity index (χ0n) is 32.0. The lowest BCUT2D eigenvalue weighted by molar-refractivity contribution is -0.310. The normalized spacial score (nSPS) is 41.6. The van der Waals surface area contributed by atoms with Gasteiger partial charge >= 0.3 is 5.97 Å². The first-order chi connectivity index (χ1) is 23.9. The van der Waals surface area contributed by atoms with E-state index in [0.717, 1.165) is 5.57 Å². The monoisotopic (exact) mass is 736 g/mol. The molecule has 1 heterocycles. The van der Waals surface area contributed by atoms with Crippen molar-refractivity contribution in [3.05, 3.63) is 23.8 Å². The Hall–Kier alpha value is -2.36. The van der Waals surface area contributed by atoms with E-state index < -0.39 is 94.6 Å². The van der Waals surface area contributed by atoms with Crippen LogP contribution in [0.2, 0.25) is 0 Å². The number of fused-ring (bicyclic) bond motifs is 1. The first-order valence-electron chi connectivity index (χ1n) is 18.4. The second-order valence-corrected chi connectivity index (χ2v) is 17.3. The minimum absolute atomic E-state index is 0.0451. The van der Waals surface area contributed by atoms with Gasteiger partial charge in [0.25, 0.3) is 0 Å². The van der Waals surface area contributed by atoms with Gasteiger partial charge in [-0.1, -0.05) is 32.4 Å². The van der Waals surface area contributed by atoms with E-state index in [9.17, 15) is 49.8 Å². The van der Waals surface area contributed by atoms with Crippen molar-refractivity contribution >= 4 is 23.3 Å². The highest BCUT2D eigenvalue weighted by Crippen LogP contribution is 2.67. The quantitative estimate of drug-likeness (QED) is 0.102. The number of Topliss-reactive ketones (excluding diaryl/α,β-unsaturated/α-hetero) is 2. The van der Waals surface area contributed by atoms with Crippen LogP contribution in [0.5, 0.6) is 0 Å². The fourth-order valence-electron chi connectivity index (χ4n) is 9.92. The second kappa shape index (κ2) is 15.1. The Morgan fingerprint density at radius 3 is 2.21 bits per heavy atom. The van der Waals surface area contributed by atoms with E-state index in [1.165, 1.54) is 26.0 Å². The summed E-state index contributed by atoms with van der Waals surface area (Å²) in [5, 5.41) is 64.0. The molecule has 1 saturated heterocycles. The lowest BCUT2D eigenvalue weighted by Crippen LogP contribution is -2.60. The number of carbonyl (C=O) groups excluding carboxylic acids is 4. The summed E-state index contributed by atoms with van der Waals surface area (Å²) in [5.41, 5.74) is -4.95. The molecule has 0 aromatic carbocycles. The lowest BCUT2D eigenvalue weighted by Gasteiger charge is -2.54. The number of allylic oxidation sites excluding steroid dienone is 2. The predicted molar refractivity (Wildman–Crippen MR) is 187 cm³/mol. The highest BCUT2D eigenvalue weighted by Gasteiger charge is 2.68. The van der Waals surface area contributed by atoms with Crippen molar-refractivity contribution in [3.8, 4) is 0 Å². The molecule has 13 heteroatoms. The molecule has 4 fully saturated rings. The van der Waals surface area contributed by atoms with E-state index in [0.29, 0.717) is 12.8 Å². The van der Waals surface area contributed by atoms with Gasteiger partial charge < -0.3 is 44.8 Å². The van der Waals surface area contributed by atoms with Crippen molar-refractivity contribution < 1.29 is 64.0 Å². The lowest BCUT2D eigenvalue weighted by atomic mass is 9.50. The third kappa shape index (κ3) is 7.62. The van der Waals surface area contributed by atoms with E-state index in [1.807, 2.05) is 26.8 Å². The smallest absolute Gasteiger partial charge is 0.303 e. The van der Waals surface area contributed by atoms with Crippen LogP contribution in [0.1, 0.15) is 101 Å². The summed E-state index contributed by atoms with van der Waals surface area (Å²) < 4.78 is 16.7. The summed E-state index contributed by atoms with van der Waals surface area (Å²) in [6, 6.07) is 0. The Bertz CT molecular complexity index is 1440. The third-order valence-electron chi connectivity index (χ3n) is 12.9. The van der Waals surface area contributed by atoms with E-state index in [4.69, 9.17) is 14.2 Å². The molecule has 4 rings (SSSR count). The minimum Gasteiger partial charge on any atom is -0.456 e. The third-order valence-corrected chi connectivity index (χ3v) is 12.9. The maximum absolute atomic E-state index is 14.0. The molecule has 0 amide bonds. The molecule has 13 atom stereocenters. The van der Waals surface area contributed by atoms with E-state index in [-0.39, 0.29) is 49.1 Å². The number of aliphatic hydroxyl groups is 6. The molecule has 0 spiro atoms. The van der Waals surface area contributed by atoms with Crippen LogP contribution in [-0.4, -0.2) is 115 Å². The topological polar surface area (TPSA) is 217 Å². The Kier molecular flexibility index (Phi) is 12.3. The van der Waals surface area contributed by atoms with Crippen LogP contribution in [0, 0.1) is 34.0 Å². The van der Waals surface area contributed by atoms with Crippen LogP contribution in [0.4, 0.5) is 0 Å². The van der Waals surface area contributed by atoms with Crippen molar-refractivity contribution in [3.63, 3.8) is 0 Å². The van der Waals surface area contributed by atoms with Gasteiger partial charge in [0.2, 0.25) is 0 Å². The van der Waals surface area contributed by atoms with Crippen LogP contribution in [0.15, 0.2) is 23.8 Å². The van der Waals surface area contributed by atoms with E-state index in [1.54, 1.807) is 27.7 Å². The molecule has 0 bridgehead atoms. The maximum Gasteiger partial charge on any atom is 0.303 e. The van der Waals surface area contributed by atoms with Gasteiger partial charge in [0.05, 0.1) is 12.7 Å². The largest absolute Gasteiger partial charge is 0.456 e. The van der Waals surface area contributed by atoms with E-state index in [2.05, 4.69) is 0 Å². The van der Waals surface area contributed by atoms with Gasteiger partial charge in [-0.2, -0.15) is 0 Å². The molecular formula is C39H60O13. The summed E-state index contributed by atoms with van der Waals surface area (Å²) in [6.07, 6.45) is -3.13. The summed E-state index contributed by atoms with van der Waals surface area (Å²) in [7, 11) is 0. The zero-order chi connectivity index (χ0) is 39.4. The maximum atomic E-state index is 14.0. The molecule has 0 aromatic heterocycles. The van der Waals surface area contributed by atoms with Gasteiger partial charge in [0.1, 0.15) is 47.5 Å². The Labute approximate surface area is 306 Å². The van der Waals surface area contributed by atoms with Crippen molar-refractivity contribution in [2.24, 2.45) is 34.0 Å². The Balaban J connectivity index is 1.59. The Morgan fingerprint density at radius 2 is 1.63 bits per heavy atom. The number of carbonyl (C=O) groups is 4. The van der Waals surface area contributed by atoms with Crippen LogP contribution in [0.3, 0.4) is 0 Å². The molecule has 0 aromatic rings. The van der Waals surface area contributed by atoms with Crippen LogP contribution < -0.4 is 0 Å². The standard InChI is InChI=1S/C39H60O13/c1-10-21-15-26(50-34-31(47)30(46)29(45)27(19-40)51-34)33(48)36(5,6)24(21)12-11-22-16-23(42)17-38(8)32(25(43)18-37(22,38)7)39(9,49)28(44)13-14-35(3,4)52-20(2)41/h12-14,21-22,25-27,29-32,34,40,43,45-47,49H,10-11,15-19H2,1-9H3/b14-13+,24-12+/t21-,22-,25-,26+,27?,29?,30?,31?,32+,34?,37+,38-,39+/m1/s1. The Morgan fingerprint density at radius 1 is 1.00 bits per heavy atom. The first-order valence-corrected chi connectivity index (χ1v) is 18.4. The number of ketones is 3.